The Balaban J connectivity index is 3.44. The molecule has 0 saturated heterocycles. The van der Waals surface area contributed by atoms with Crippen molar-refractivity contribution in [2.24, 2.45) is 0 Å². The van der Waals surface area contributed by atoms with Gasteiger partial charge in [-0.25, -0.2) is 4.39 Å². The van der Waals surface area contributed by atoms with Gasteiger partial charge in [0.25, 0.3) is 0 Å². The summed E-state index contributed by atoms with van der Waals surface area (Å²) in [7, 11) is 0. The lowest BCUT2D eigenvalue weighted by Gasteiger charge is -2.01. The number of nitrogens with zero attached hydrogens (tertiary/aromatic N) is 1. The van der Waals surface area contributed by atoms with Crippen molar-refractivity contribution >= 4 is 0 Å². The fourth-order valence-corrected chi connectivity index (χ4v) is 0.920. The van der Waals surface area contributed by atoms with Crippen molar-refractivity contribution in [1.82, 2.24) is 0 Å². The normalized spacial score (nSPS) is 9.27. The summed E-state index contributed by atoms with van der Waals surface area (Å²) in [5.41, 5.74) is 1.83. The highest BCUT2D eigenvalue weighted by Crippen LogP contribution is 2.15. The number of benzene rings is 1. The average molecular weight is 149 g/mol. The van der Waals surface area contributed by atoms with Gasteiger partial charge in [0.05, 0.1) is 5.56 Å². The molecule has 0 unspecified atom stereocenters. The van der Waals surface area contributed by atoms with Crippen LogP contribution in [0.2, 0.25) is 0 Å². The Morgan fingerprint density at radius 1 is 1.36 bits per heavy atom. The predicted octanol–water partition coefficient (Wildman–Crippen LogP) is 2.31. The quantitative estimate of drug-likeness (QED) is 0.555. The summed E-state index contributed by atoms with van der Waals surface area (Å²) in [4.78, 5) is 0. The molecule has 0 fully saturated rings. The molecule has 1 nitrogen and oxygen atoms in total. The maximum Gasteiger partial charge on any atom is 0.141 e. The van der Waals surface area contributed by atoms with E-state index >= 15 is 0 Å². The van der Waals surface area contributed by atoms with Crippen molar-refractivity contribution in [3.05, 3.63) is 34.6 Å². The Morgan fingerprint density at radius 2 is 2.00 bits per heavy atom. The molecule has 0 heterocycles. The average Bonchev–Trinajstić information content (AvgIpc) is 1.99. The molecule has 0 radical (unpaired) electrons. The van der Waals surface area contributed by atoms with Gasteiger partial charge in [-0.15, -0.1) is 0 Å². The lowest BCUT2D eigenvalue weighted by atomic mass is 10.0. The molecule has 1 rings (SSSR count). The van der Waals surface area contributed by atoms with Crippen LogP contribution in [0.25, 0.3) is 0 Å². The largest absolute Gasteiger partial charge is 0.206 e. The first-order valence-electron chi connectivity index (χ1n) is 3.32. The van der Waals surface area contributed by atoms with Crippen LogP contribution in [0.15, 0.2) is 12.1 Å². The van der Waals surface area contributed by atoms with Crippen LogP contribution in [0.5, 0.6) is 0 Å². The van der Waals surface area contributed by atoms with Crippen LogP contribution in [0.3, 0.4) is 0 Å². The van der Waals surface area contributed by atoms with E-state index in [-0.39, 0.29) is 5.56 Å². The Kier molecular flexibility index (Phi) is 1.91. The van der Waals surface area contributed by atoms with E-state index in [1.807, 2.05) is 13.0 Å². The summed E-state index contributed by atoms with van der Waals surface area (Å²) in [6.07, 6.45) is 0. The fourth-order valence-electron chi connectivity index (χ4n) is 0.920. The van der Waals surface area contributed by atoms with Crippen LogP contribution in [0, 0.1) is 31.0 Å². The molecule has 1 aromatic rings. The van der Waals surface area contributed by atoms with E-state index in [0.29, 0.717) is 0 Å². The second kappa shape index (κ2) is 2.71. The van der Waals surface area contributed by atoms with Crippen LogP contribution >= 0.6 is 0 Å². The van der Waals surface area contributed by atoms with Crippen molar-refractivity contribution in [2.45, 2.75) is 13.8 Å². The number of hydrogen-bond donors (Lipinski definition) is 0. The van der Waals surface area contributed by atoms with E-state index in [1.54, 1.807) is 13.0 Å². The molecule has 0 bridgehead atoms. The van der Waals surface area contributed by atoms with Crippen LogP contribution in [0.4, 0.5) is 4.39 Å². The molecule has 0 N–H and O–H groups in total. The Bertz CT molecular complexity index is 323. The first-order chi connectivity index (χ1) is 5.16. The van der Waals surface area contributed by atoms with Gasteiger partial charge in [-0.3, -0.25) is 0 Å². The summed E-state index contributed by atoms with van der Waals surface area (Å²) < 4.78 is 12.8. The van der Waals surface area contributed by atoms with Crippen molar-refractivity contribution in [2.75, 3.05) is 0 Å². The molecule has 2 heteroatoms. The summed E-state index contributed by atoms with van der Waals surface area (Å²) >= 11 is 0. The van der Waals surface area contributed by atoms with Crippen molar-refractivity contribution in [1.29, 1.82) is 5.26 Å². The standard InChI is InChI=1S/C9H8FN/c1-6-3-4-9(10)8(5-11)7(6)2/h3-4H,1-2H3. The number of halogens is 1. The van der Waals surface area contributed by atoms with Crippen LogP contribution in [0.1, 0.15) is 16.7 Å². The van der Waals surface area contributed by atoms with Gasteiger partial charge < -0.3 is 0 Å². The zero-order valence-corrected chi connectivity index (χ0v) is 6.48. The lowest BCUT2D eigenvalue weighted by molar-refractivity contribution is 0.622. The van der Waals surface area contributed by atoms with Gasteiger partial charge in [0.15, 0.2) is 0 Å². The molecule has 11 heavy (non-hydrogen) atoms. The van der Waals surface area contributed by atoms with Crippen molar-refractivity contribution in [3.8, 4) is 6.07 Å². The second-order valence-electron chi connectivity index (χ2n) is 2.48. The number of aryl methyl sites for hydroxylation is 1. The van der Waals surface area contributed by atoms with E-state index in [1.165, 1.54) is 6.07 Å². The van der Waals surface area contributed by atoms with Crippen LogP contribution in [-0.4, -0.2) is 0 Å². The van der Waals surface area contributed by atoms with E-state index < -0.39 is 5.82 Å². The molecule has 0 aliphatic heterocycles. The summed E-state index contributed by atoms with van der Waals surface area (Å²) in [5, 5.41) is 8.53. The molecule has 0 aliphatic carbocycles. The van der Waals surface area contributed by atoms with Crippen LogP contribution in [-0.2, 0) is 0 Å². The third-order valence-electron chi connectivity index (χ3n) is 1.80. The smallest absolute Gasteiger partial charge is 0.141 e. The summed E-state index contributed by atoms with van der Waals surface area (Å²) in [5.74, 6) is -0.435. The van der Waals surface area contributed by atoms with Crippen molar-refractivity contribution in [3.63, 3.8) is 0 Å². The Morgan fingerprint density at radius 3 is 2.45 bits per heavy atom. The third-order valence-corrected chi connectivity index (χ3v) is 1.80. The number of rotatable bonds is 0. The Labute approximate surface area is 65.1 Å². The SMILES string of the molecule is Cc1ccc(F)c(C#N)c1C. The molecule has 1 aromatic carbocycles. The van der Waals surface area contributed by atoms with E-state index in [4.69, 9.17) is 5.26 Å². The van der Waals surface area contributed by atoms with E-state index in [0.717, 1.165) is 11.1 Å². The molecular weight excluding hydrogens is 141 g/mol. The molecule has 56 valence electrons. The minimum atomic E-state index is -0.435. The highest BCUT2D eigenvalue weighted by atomic mass is 19.1. The van der Waals surface area contributed by atoms with Gasteiger partial charge in [-0.2, -0.15) is 5.26 Å². The van der Waals surface area contributed by atoms with Gasteiger partial charge in [0, 0.05) is 0 Å². The van der Waals surface area contributed by atoms with Gasteiger partial charge in [-0.05, 0) is 31.0 Å². The second-order valence-corrected chi connectivity index (χ2v) is 2.48. The highest BCUT2D eigenvalue weighted by Gasteiger charge is 2.05. The summed E-state index contributed by atoms with van der Waals surface area (Å²) in [6.45, 7) is 3.60. The van der Waals surface area contributed by atoms with Gasteiger partial charge in [0.2, 0.25) is 0 Å². The minimum absolute atomic E-state index is 0.157. The predicted molar refractivity (Wildman–Crippen MR) is 40.6 cm³/mol. The fraction of sp³-hybridized carbons (Fsp3) is 0.222. The van der Waals surface area contributed by atoms with Crippen LogP contribution < -0.4 is 0 Å². The first-order valence-corrected chi connectivity index (χ1v) is 3.32. The molecule has 0 atom stereocenters. The third kappa shape index (κ3) is 1.22. The minimum Gasteiger partial charge on any atom is -0.206 e. The highest BCUT2D eigenvalue weighted by molar-refractivity contribution is 5.42. The Hall–Kier alpha value is -1.36. The van der Waals surface area contributed by atoms with Crippen molar-refractivity contribution < 1.29 is 4.39 Å². The molecular formula is C9H8FN. The molecule has 0 spiro atoms. The zero-order chi connectivity index (χ0) is 8.43. The van der Waals surface area contributed by atoms with E-state index in [9.17, 15) is 4.39 Å². The maximum atomic E-state index is 12.8. The summed E-state index contributed by atoms with van der Waals surface area (Å²) in [6, 6.07) is 4.82. The van der Waals surface area contributed by atoms with Gasteiger partial charge >= 0.3 is 0 Å². The first kappa shape index (κ1) is 7.74. The lowest BCUT2D eigenvalue weighted by Crippen LogP contribution is -1.91. The number of hydrogen-bond acceptors (Lipinski definition) is 1. The number of nitriles is 1. The maximum absolute atomic E-state index is 12.8. The monoisotopic (exact) mass is 149 g/mol. The molecule has 0 amide bonds. The van der Waals surface area contributed by atoms with Gasteiger partial charge in [-0.1, -0.05) is 6.07 Å². The molecule has 0 aromatic heterocycles. The molecule has 0 aliphatic rings. The molecule has 0 saturated carbocycles. The van der Waals surface area contributed by atoms with E-state index in [2.05, 4.69) is 0 Å². The topological polar surface area (TPSA) is 23.8 Å². The zero-order valence-electron chi connectivity index (χ0n) is 6.48. The van der Waals surface area contributed by atoms with Gasteiger partial charge in [0.1, 0.15) is 11.9 Å².